The van der Waals surface area contributed by atoms with Gasteiger partial charge in [-0.25, -0.2) is 0 Å². The number of carbonyl (C=O) groups excluding carboxylic acids is 2. The third-order valence-corrected chi connectivity index (χ3v) is 4.49. The van der Waals surface area contributed by atoms with Crippen molar-refractivity contribution in [1.82, 2.24) is 15.4 Å². The molecule has 0 spiro atoms. The first-order valence-electron chi connectivity index (χ1n) is 11.0. The van der Waals surface area contributed by atoms with Crippen LogP contribution in [0.3, 0.4) is 0 Å². The van der Waals surface area contributed by atoms with Crippen LogP contribution >= 0.6 is 0 Å². The normalized spacial score (nSPS) is 11.7. The predicted molar refractivity (Wildman–Crippen MR) is 120 cm³/mol. The summed E-state index contributed by atoms with van der Waals surface area (Å²) in [6.45, 7) is 2.47. The van der Waals surface area contributed by atoms with Crippen molar-refractivity contribution in [1.29, 1.82) is 0 Å². The molecule has 0 unspecified atom stereocenters. The number of hydrogen-bond donors (Lipinski definition) is 5. The van der Waals surface area contributed by atoms with Gasteiger partial charge in [-0.05, 0) is 25.3 Å². The molecule has 1 atom stereocenters. The van der Waals surface area contributed by atoms with E-state index in [-0.39, 0.29) is 42.5 Å². The second kappa shape index (κ2) is 17.5. The molecule has 0 aliphatic heterocycles. The van der Waals surface area contributed by atoms with E-state index in [1.54, 1.807) is 0 Å². The molecule has 1 aromatic heterocycles. The summed E-state index contributed by atoms with van der Waals surface area (Å²) < 4.78 is 16.2. The number of pyridine rings is 1. The lowest BCUT2D eigenvalue weighted by Crippen LogP contribution is -2.33. The van der Waals surface area contributed by atoms with E-state index in [1.807, 2.05) is 0 Å². The molecule has 34 heavy (non-hydrogen) atoms. The number of amides is 2. The lowest BCUT2D eigenvalue weighted by Gasteiger charge is -2.09. The molecular weight excluding hydrogens is 452 g/mol. The predicted octanol–water partition coefficient (Wildman–Crippen LogP) is -1.05. The molecular formula is C21H34N4O9. The molecule has 1 heterocycles. The number of nitrogens with one attached hydrogen (secondary N) is 2. The van der Waals surface area contributed by atoms with Crippen molar-refractivity contribution >= 4 is 17.8 Å². The highest BCUT2D eigenvalue weighted by atomic mass is 16.5. The standard InChI is InChI=1S/C21H34N4O9/c22-16(21(29)30)4-1-2-8-23-18(26)7-10-32-12-14-34-15-13-33-11-9-24-20(28)17-5-3-6-19(27)25(17)31/h3,5-6,16,31H,1-2,4,7-15,22H2,(H,23,26)(H,24,28)(H,29,30)/t16-/m0/s1. The quantitative estimate of drug-likeness (QED) is 0.119. The molecule has 1 rings (SSSR count). The number of hydrogen-bond acceptors (Lipinski definition) is 9. The van der Waals surface area contributed by atoms with E-state index in [1.165, 1.54) is 12.1 Å². The van der Waals surface area contributed by atoms with E-state index in [9.17, 15) is 24.4 Å². The maximum atomic E-state index is 11.9. The molecule has 0 aromatic carbocycles. The third-order valence-electron chi connectivity index (χ3n) is 4.49. The van der Waals surface area contributed by atoms with Gasteiger partial charge in [0.05, 0.1) is 39.6 Å². The summed E-state index contributed by atoms with van der Waals surface area (Å²) in [6.07, 6.45) is 1.88. The first-order chi connectivity index (χ1) is 16.3. The van der Waals surface area contributed by atoms with Crippen LogP contribution < -0.4 is 21.9 Å². The molecule has 0 bridgehead atoms. The van der Waals surface area contributed by atoms with Crippen LogP contribution in [0, 0.1) is 0 Å². The molecule has 2 amide bonds. The van der Waals surface area contributed by atoms with Crippen molar-refractivity contribution in [2.75, 3.05) is 52.7 Å². The summed E-state index contributed by atoms with van der Waals surface area (Å²) in [5, 5.41) is 23.4. The summed E-state index contributed by atoms with van der Waals surface area (Å²) in [5.74, 6) is -1.75. The van der Waals surface area contributed by atoms with Gasteiger partial charge in [-0.1, -0.05) is 6.07 Å². The van der Waals surface area contributed by atoms with E-state index in [4.69, 9.17) is 25.1 Å². The van der Waals surface area contributed by atoms with E-state index < -0.39 is 23.5 Å². The van der Waals surface area contributed by atoms with Crippen molar-refractivity contribution in [3.8, 4) is 0 Å². The van der Waals surface area contributed by atoms with Gasteiger partial charge >= 0.3 is 5.97 Å². The Bertz CT molecular complexity index is 816. The van der Waals surface area contributed by atoms with Gasteiger partial charge in [-0.15, -0.1) is 4.73 Å². The smallest absolute Gasteiger partial charge is 0.320 e. The zero-order valence-corrected chi connectivity index (χ0v) is 19.1. The fourth-order valence-electron chi connectivity index (χ4n) is 2.62. The van der Waals surface area contributed by atoms with Crippen LogP contribution in [-0.2, 0) is 23.8 Å². The van der Waals surface area contributed by atoms with Crippen LogP contribution in [0.2, 0.25) is 0 Å². The zero-order valence-electron chi connectivity index (χ0n) is 19.1. The fraction of sp³-hybridized carbons (Fsp3) is 0.619. The Balaban J connectivity index is 1.88. The maximum absolute atomic E-state index is 11.9. The summed E-state index contributed by atoms with van der Waals surface area (Å²) in [4.78, 5) is 45.4. The molecule has 0 fully saturated rings. The molecule has 13 nitrogen and oxygen atoms in total. The van der Waals surface area contributed by atoms with E-state index in [0.29, 0.717) is 52.2 Å². The average Bonchev–Trinajstić information content (AvgIpc) is 2.80. The minimum absolute atomic E-state index is 0.140. The first kappa shape index (κ1) is 29.0. The summed E-state index contributed by atoms with van der Waals surface area (Å²) in [5.41, 5.74) is 4.54. The summed E-state index contributed by atoms with van der Waals surface area (Å²) in [7, 11) is 0. The zero-order chi connectivity index (χ0) is 25.2. The molecule has 0 saturated heterocycles. The lowest BCUT2D eigenvalue weighted by atomic mass is 10.1. The van der Waals surface area contributed by atoms with Gasteiger partial charge in [0.2, 0.25) is 5.91 Å². The number of aliphatic carboxylic acids is 1. The van der Waals surface area contributed by atoms with Crippen LogP contribution in [0.15, 0.2) is 23.0 Å². The van der Waals surface area contributed by atoms with Crippen LogP contribution in [0.4, 0.5) is 0 Å². The number of nitrogens with zero attached hydrogens (tertiary/aromatic N) is 1. The largest absolute Gasteiger partial charge is 0.480 e. The molecule has 0 aliphatic carbocycles. The maximum Gasteiger partial charge on any atom is 0.320 e. The highest BCUT2D eigenvalue weighted by Gasteiger charge is 2.11. The van der Waals surface area contributed by atoms with Crippen molar-refractivity contribution in [3.63, 3.8) is 0 Å². The molecule has 0 aliphatic rings. The van der Waals surface area contributed by atoms with E-state index in [2.05, 4.69) is 10.6 Å². The minimum atomic E-state index is -1.02. The van der Waals surface area contributed by atoms with Gasteiger partial charge in [0.25, 0.3) is 11.5 Å². The fourth-order valence-corrected chi connectivity index (χ4v) is 2.62. The van der Waals surface area contributed by atoms with Gasteiger partial charge in [-0.3, -0.25) is 19.2 Å². The van der Waals surface area contributed by atoms with Crippen molar-refractivity contribution in [2.45, 2.75) is 31.7 Å². The van der Waals surface area contributed by atoms with Crippen LogP contribution in [0.5, 0.6) is 0 Å². The molecule has 6 N–H and O–H groups in total. The second-order valence-corrected chi connectivity index (χ2v) is 7.19. The van der Waals surface area contributed by atoms with Crippen LogP contribution in [-0.4, -0.2) is 91.6 Å². The Morgan fingerprint density at radius 2 is 1.59 bits per heavy atom. The van der Waals surface area contributed by atoms with Gasteiger partial charge in [0.15, 0.2) is 0 Å². The van der Waals surface area contributed by atoms with Gasteiger partial charge in [0.1, 0.15) is 11.7 Å². The van der Waals surface area contributed by atoms with Gasteiger partial charge in [0, 0.05) is 25.6 Å². The molecule has 13 heteroatoms. The number of rotatable bonds is 19. The Morgan fingerprint density at radius 1 is 0.941 bits per heavy atom. The Morgan fingerprint density at radius 3 is 2.26 bits per heavy atom. The summed E-state index contributed by atoms with van der Waals surface area (Å²) >= 11 is 0. The molecule has 0 radical (unpaired) electrons. The van der Waals surface area contributed by atoms with Crippen molar-refractivity contribution < 1.29 is 38.9 Å². The van der Waals surface area contributed by atoms with Crippen LogP contribution in [0.1, 0.15) is 36.2 Å². The Labute approximate surface area is 197 Å². The van der Waals surface area contributed by atoms with Crippen molar-refractivity contribution in [2.24, 2.45) is 5.73 Å². The number of ether oxygens (including phenoxy) is 3. The summed E-state index contributed by atoms with van der Waals surface area (Å²) in [6, 6.07) is 2.97. The number of nitrogens with two attached hydrogens (primary N) is 1. The first-order valence-corrected chi connectivity index (χ1v) is 11.0. The molecule has 192 valence electrons. The van der Waals surface area contributed by atoms with Gasteiger partial charge < -0.3 is 40.9 Å². The van der Waals surface area contributed by atoms with Crippen molar-refractivity contribution in [3.05, 3.63) is 34.2 Å². The topological polar surface area (TPSA) is 191 Å². The van der Waals surface area contributed by atoms with Gasteiger partial charge in [-0.2, -0.15) is 0 Å². The highest BCUT2D eigenvalue weighted by molar-refractivity contribution is 5.92. The number of aromatic nitrogens is 1. The molecule has 0 saturated carbocycles. The Kier molecular flexibility index (Phi) is 14.9. The monoisotopic (exact) mass is 486 g/mol. The SMILES string of the molecule is N[C@@H](CCCCNC(=O)CCOCCOCCOCCNC(=O)c1cccc(=O)n1O)C(=O)O. The average molecular weight is 487 g/mol. The van der Waals surface area contributed by atoms with E-state index in [0.717, 1.165) is 6.07 Å². The second-order valence-electron chi connectivity index (χ2n) is 7.19. The molecule has 1 aromatic rings. The Hall–Kier alpha value is -3.00. The highest BCUT2D eigenvalue weighted by Crippen LogP contribution is 1.98. The van der Waals surface area contributed by atoms with Crippen LogP contribution in [0.25, 0.3) is 0 Å². The number of carbonyl (C=O) groups is 3. The third kappa shape index (κ3) is 12.9. The minimum Gasteiger partial charge on any atom is -0.480 e. The van der Waals surface area contributed by atoms with E-state index >= 15 is 0 Å². The number of unbranched alkanes of at least 4 members (excludes halogenated alkanes) is 1. The lowest BCUT2D eigenvalue weighted by molar-refractivity contribution is -0.138. The number of carboxylic acids is 1. The number of carboxylic acid groups (broad SMARTS) is 1.